The zero-order valence-corrected chi connectivity index (χ0v) is 16.8. The Morgan fingerprint density at radius 2 is 1.65 bits per heavy atom. The van der Waals surface area contributed by atoms with Crippen molar-refractivity contribution >= 4 is 22.0 Å². The predicted octanol–water partition coefficient (Wildman–Crippen LogP) is 0.186. The fourth-order valence-corrected chi connectivity index (χ4v) is 4.03. The molecule has 0 aliphatic heterocycles. The Morgan fingerprint density at radius 1 is 1.12 bits per heavy atom. The van der Waals surface area contributed by atoms with Crippen molar-refractivity contribution in [3.05, 3.63) is 29.8 Å². The molecule has 0 unspecified atom stereocenters. The van der Waals surface area contributed by atoms with Crippen LogP contribution >= 0.6 is 0 Å². The number of benzene rings is 1. The van der Waals surface area contributed by atoms with Gasteiger partial charge < -0.3 is 10.6 Å². The van der Waals surface area contributed by atoms with E-state index in [4.69, 9.17) is 0 Å². The van der Waals surface area contributed by atoms with Crippen LogP contribution in [0, 0.1) is 0 Å². The first kappa shape index (κ1) is 22.1. The van der Waals surface area contributed by atoms with Crippen molar-refractivity contribution < 1.29 is 23.3 Å². The first-order chi connectivity index (χ1) is 12.2. The molecule has 1 aromatic carbocycles. The van der Waals surface area contributed by atoms with Gasteiger partial charge in [-0.1, -0.05) is 26.0 Å². The van der Waals surface area contributed by atoms with Crippen LogP contribution in [0.2, 0.25) is 0 Å². The van der Waals surface area contributed by atoms with Gasteiger partial charge in [-0.3, -0.25) is 10.1 Å². The van der Waals surface area contributed by atoms with Gasteiger partial charge in [-0.2, -0.15) is 4.31 Å². The molecule has 0 aliphatic carbocycles. The number of sulfonamides is 1. The second kappa shape index (κ2) is 9.65. The van der Waals surface area contributed by atoms with Crippen LogP contribution in [0.1, 0.15) is 39.3 Å². The van der Waals surface area contributed by atoms with Crippen LogP contribution in [-0.2, 0) is 14.8 Å². The molecule has 0 aromatic heterocycles. The van der Waals surface area contributed by atoms with Gasteiger partial charge in [-0.05, 0) is 26.0 Å². The fraction of sp³-hybridized carbons (Fsp3) is 0.529. The normalized spacial score (nSPS) is 13.9. The molecule has 0 spiro atoms. The number of nitrogens with two attached hydrogens (primary N) is 1. The maximum absolute atomic E-state index is 12.5. The first-order valence-electron chi connectivity index (χ1n) is 8.65. The number of imide groups is 1. The van der Waals surface area contributed by atoms with Gasteiger partial charge in [0.05, 0.1) is 4.90 Å². The lowest BCUT2D eigenvalue weighted by Gasteiger charge is -2.19. The number of hydrogen-bond acceptors (Lipinski definition) is 4. The van der Waals surface area contributed by atoms with Crippen LogP contribution < -0.4 is 16.0 Å². The van der Waals surface area contributed by atoms with E-state index in [9.17, 15) is 18.0 Å². The second-order valence-corrected chi connectivity index (χ2v) is 7.93. The molecule has 0 saturated heterocycles. The van der Waals surface area contributed by atoms with Crippen molar-refractivity contribution in [1.82, 2.24) is 14.9 Å². The molecule has 0 bridgehead atoms. The van der Waals surface area contributed by atoms with Crippen molar-refractivity contribution in [2.45, 2.75) is 44.7 Å². The maximum Gasteiger partial charge on any atom is 0.321 e. The quantitative estimate of drug-likeness (QED) is 0.593. The summed E-state index contributed by atoms with van der Waals surface area (Å²) in [5.74, 6) is -0.392. The van der Waals surface area contributed by atoms with Gasteiger partial charge in [0.25, 0.3) is 5.91 Å². The summed E-state index contributed by atoms with van der Waals surface area (Å²) in [7, 11) is -2.04. The zero-order chi connectivity index (χ0) is 19.9. The van der Waals surface area contributed by atoms with Gasteiger partial charge in [0.1, 0.15) is 6.04 Å². The smallest absolute Gasteiger partial charge is 0.321 e. The van der Waals surface area contributed by atoms with Crippen LogP contribution in [0.25, 0.3) is 0 Å². The monoisotopic (exact) mass is 385 g/mol. The topological polar surface area (TPSA) is 112 Å². The first-order valence-corrected chi connectivity index (χ1v) is 10.1. The Labute approximate surface area is 155 Å². The molecule has 0 heterocycles. The van der Waals surface area contributed by atoms with Crippen molar-refractivity contribution in [2.24, 2.45) is 0 Å². The lowest BCUT2D eigenvalue weighted by atomic mass is 10.1. The Morgan fingerprint density at radius 3 is 2.12 bits per heavy atom. The van der Waals surface area contributed by atoms with E-state index < -0.39 is 28.0 Å². The van der Waals surface area contributed by atoms with Gasteiger partial charge >= 0.3 is 6.03 Å². The molecule has 26 heavy (non-hydrogen) atoms. The van der Waals surface area contributed by atoms with Gasteiger partial charge in [0, 0.05) is 25.7 Å². The van der Waals surface area contributed by atoms with Gasteiger partial charge in [-0.25, -0.2) is 13.2 Å². The van der Waals surface area contributed by atoms with Gasteiger partial charge in [0.15, 0.2) is 6.04 Å². The number of carbonyl (C=O) groups is 2. The summed E-state index contributed by atoms with van der Waals surface area (Å²) >= 11 is 0. The molecule has 1 rings (SSSR count). The number of nitrogens with one attached hydrogen (secondary N) is 2. The number of amides is 3. The largest absolute Gasteiger partial charge is 0.341 e. The Kier molecular flexibility index (Phi) is 8.19. The summed E-state index contributed by atoms with van der Waals surface area (Å²) in [6, 6.07) is 5.58. The van der Waals surface area contributed by atoms with Crippen molar-refractivity contribution in [2.75, 3.05) is 20.1 Å². The second-order valence-electron chi connectivity index (χ2n) is 6.00. The molecule has 0 aliphatic rings. The number of hydrogen-bond donors (Lipinski definition) is 3. The molecule has 0 fully saturated rings. The van der Waals surface area contributed by atoms with E-state index in [1.165, 1.54) is 11.4 Å². The van der Waals surface area contributed by atoms with E-state index >= 15 is 0 Å². The molecule has 4 N–H and O–H groups in total. The van der Waals surface area contributed by atoms with Gasteiger partial charge in [0.2, 0.25) is 10.0 Å². The van der Waals surface area contributed by atoms with Crippen LogP contribution in [0.3, 0.4) is 0 Å². The summed E-state index contributed by atoms with van der Waals surface area (Å²) in [6.07, 6.45) is 0. The van der Waals surface area contributed by atoms with Crippen molar-refractivity contribution in [3.8, 4) is 0 Å². The third kappa shape index (κ3) is 5.52. The number of urea groups is 1. The average molecular weight is 386 g/mol. The molecule has 1 aromatic rings. The molecule has 8 nitrogen and oxygen atoms in total. The van der Waals surface area contributed by atoms with Crippen LogP contribution in [0.15, 0.2) is 29.2 Å². The lowest BCUT2D eigenvalue weighted by Crippen LogP contribution is -2.92. The highest BCUT2D eigenvalue weighted by molar-refractivity contribution is 7.89. The van der Waals surface area contributed by atoms with Crippen LogP contribution in [0.5, 0.6) is 0 Å². The molecular weight excluding hydrogens is 356 g/mol. The minimum atomic E-state index is -3.48. The third-order valence-electron chi connectivity index (χ3n) is 4.20. The minimum absolute atomic E-state index is 0.0781. The summed E-state index contributed by atoms with van der Waals surface area (Å²) in [5.41, 5.74) is 0.892. The predicted molar refractivity (Wildman–Crippen MR) is 98.9 cm³/mol. The summed E-state index contributed by atoms with van der Waals surface area (Å²) in [6.45, 7) is 8.06. The van der Waals surface area contributed by atoms with E-state index in [2.05, 4.69) is 10.6 Å². The van der Waals surface area contributed by atoms with Crippen molar-refractivity contribution in [1.29, 1.82) is 0 Å². The Balaban J connectivity index is 2.82. The van der Waals surface area contributed by atoms with E-state index in [0.717, 1.165) is 5.56 Å². The molecule has 0 radical (unpaired) electrons. The zero-order valence-electron chi connectivity index (χ0n) is 15.9. The molecule has 146 valence electrons. The van der Waals surface area contributed by atoms with E-state index in [1.807, 2.05) is 12.2 Å². The molecule has 3 amide bonds. The number of carbonyl (C=O) groups excluding carboxylic acids is 2. The van der Waals surface area contributed by atoms with E-state index in [1.54, 1.807) is 45.0 Å². The molecular formula is C17H29N4O4S+. The Bertz CT molecular complexity index is 715. The fourth-order valence-electron chi connectivity index (χ4n) is 2.58. The summed E-state index contributed by atoms with van der Waals surface area (Å²) in [4.78, 5) is 23.4. The number of rotatable bonds is 8. The highest BCUT2D eigenvalue weighted by Crippen LogP contribution is 2.18. The Hall–Kier alpha value is -1.97. The standard InChI is InChI=1S/C17H28N4O4S/c1-6-21(7-2)26(24,25)15-10-8-14(9-11-15)12(3)19-13(4)16(22)20-17(23)18-5/h8-13,19H,6-7H2,1-5H3,(H2,18,20,22,23)/p+1/t12-,13+/m0/s1. The molecule has 2 atom stereocenters. The van der Waals surface area contributed by atoms with Crippen molar-refractivity contribution in [3.63, 3.8) is 0 Å². The number of nitrogens with zero attached hydrogens (tertiary/aromatic N) is 1. The third-order valence-corrected chi connectivity index (χ3v) is 6.27. The SMILES string of the molecule is CCN(CC)S(=O)(=O)c1ccc([C@H](C)[NH2+][C@H](C)C(=O)NC(=O)NC)cc1. The summed E-state index contributed by atoms with van der Waals surface area (Å²) in [5, 5.41) is 6.38. The number of quaternary nitrogens is 1. The highest BCUT2D eigenvalue weighted by Gasteiger charge is 2.24. The van der Waals surface area contributed by atoms with Gasteiger partial charge in [-0.15, -0.1) is 0 Å². The highest BCUT2D eigenvalue weighted by atomic mass is 32.2. The average Bonchev–Trinajstić information content (AvgIpc) is 2.62. The summed E-state index contributed by atoms with van der Waals surface area (Å²) < 4.78 is 26.4. The van der Waals surface area contributed by atoms with Crippen LogP contribution in [0.4, 0.5) is 4.79 Å². The minimum Gasteiger partial charge on any atom is -0.341 e. The van der Waals surface area contributed by atoms with Crippen LogP contribution in [-0.4, -0.2) is 50.8 Å². The van der Waals surface area contributed by atoms with E-state index in [-0.39, 0.29) is 10.9 Å². The molecule has 0 saturated carbocycles. The maximum atomic E-state index is 12.5. The van der Waals surface area contributed by atoms with E-state index in [0.29, 0.717) is 13.1 Å². The lowest BCUT2D eigenvalue weighted by molar-refractivity contribution is -0.710. The molecule has 9 heteroatoms.